The molecule has 1 saturated heterocycles. The van der Waals surface area contributed by atoms with Crippen molar-refractivity contribution in [1.29, 1.82) is 0 Å². The first-order chi connectivity index (χ1) is 11.2. The first-order valence-electron chi connectivity index (χ1n) is 8.57. The van der Waals surface area contributed by atoms with E-state index in [9.17, 15) is 0 Å². The van der Waals surface area contributed by atoms with Gasteiger partial charge in [-0.3, -0.25) is 9.89 Å². The molecule has 1 fully saturated rings. The minimum atomic E-state index is 0.370. The van der Waals surface area contributed by atoms with E-state index >= 15 is 0 Å². The molecule has 2 N–H and O–H groups in total. The van der Waals surface area contributed by atoms with Gasteiger partial charge in [-0.15, -0.1) is 11.3 Å². The van der Waals surface area contributed by atoms with Crippen LogP contribution in [0.15, 0.2) is 17.1 Å². The fraction of sp³-hybridized carbons (Fsp3) is 0.706. The van der Waals surface area contributed by atoms with E-state index in [2.05, 4.69) is 48.4 Å². The van der Waals surface area contributed by atoms with Crippen LogP contribution in [-0.4, -0.2) is 62.8 Å². The number of ether oxygens (including phenoxy) is 1. The molecule has 0 aliphatic carbocycles. The predicted octanol–water partition coefficient (Wildman–Crippen LogP) is 1.87. The summed E-state index contributed by atoms with van der Waals surface area (Å²) in [5, 5.41) is 6.86. The van der Waals surface area contributed by atoms with Gasteiger partial charge in [0.1, 0.15) is 0 Å². The number of aryl methyl sites for hydroxylation is 1. The van der Waals surface area contributed by atoms with Crippen LogP contribution >= 0.6 is 11.3 Å². The van der Waals surface area contributed by atoms with Gasteiger partial charge in [-0.05, 0) is 32.9 Å². The Morgan fingerprint density at radius 1 is 1.39 bits per heavy atom. The Bertz CT molecular complexity index is 483. The van der Waals surface area contributed by atoms with Crippen molar-refractivity contribution in [3.8, 4) is 0 Å². The Morgan fingerprint density at radius 3 is 2.83 bits per heavy atom. The van der Waals surface area contributed by atoms with Crippen LogP contribution in [0.3, 0.4) is 0 Å². The summed E-state index contributed by atoms with van der Waals surface area (Å²) in [6.45, 7) is 12.9. The molecule has 23 heavy (non-hydrogen) atoms. The van der Waals surface area contributed by atoms with Gasteiger partial charge in [-0.1, -0.05) is 0 Å². The molecule has 1 unspecified atom stereocenters. The lowest BCUT2D eigenvalue weighted by Crippen LogP contribution is -2.43. The SMILES string of the molecule is CCNC(=NCCN1CCOCC1)NC(C)Cc1ccc(C)s1. The zero-order chi connectivity index (χ0) is 16.5. The van der Waals surface area contributed by atoms with Gasteiger partial charge in [0, 0.05) is 48.4 Å². The second-order valence-electron chi connectivity index (χ2n) is 5.98. The Balaban J connectivity index is 1.77. The third-order valence-electron chi connectivity index (χ3n) is 3.82. The minimum absolute atomic E-state index is 0.370. The van der Waals surface area contributed by atoms with Crippen molar-refractivity contribution in [2.75, 3.05) is 45.9 Å². The number of aliphatic imine (C=N–C) groups is 1. The van der Waals surface area contributed by atoms with Gasteiger partial charge in [0.15, 0.2) is 5.96 Å². The number of hydrogen-bond acceptors (Lipinski definition) is 4. The van der Waals surface area contributed by atoms with E-state index < -0.39 is 0 Å². The molecule has 0 bridgehead atoms. The smallest absolute Gasteiger partial charge is 0.191 e. The van der Waals surface area contributed by atoms with Crippen molar-refractivity contribution in [1.82, 2.24) is 15.5 Å². The second-order valence-corrected chi connectivity index (χ2v) is 7.35. The number of nitrogens with one attached hydrogen (secondary N) is 2. The Morgan fingerprint density at radius 2 is 2.17 bits per heavy atom. The lowest BCUT2D eigenvalue weighted by atomic mass is 10.2. The van der Waals surface area contributed by atoms with Crippen LogP contribution < -0.4 is 10.6 Å². The molecule has 1 aliphatic heterocycles. The molecule has 0 amide bonds. The highest BCUT2D eigenvalue weighted by molar-refractivity contribution is 7.11. The normalized spacial score (nSPS) is 18.0. The Labute approximate surface area is 144 Å². The maximum absolute atomic E-state index is 5.38. The molecule has 130 valence electrons. The number of hydrogen-bond donors (Lipinski definition) is 2. The van der Waals surface area contributed by atoms with Crippen LogP contribution in [0.25, 0.3) is 0 Å². The quantitative estimate of drug-likeness (QED) is 0.589. The summed E-state index contributed by atoms with van der Waals surface area (Å²) < 4.78 is 5.38. The number of rotatable bonds is 7. The van der Waals surface area contributed by atoms with Gasteiger partial charge in [-0.2, -0.15) is 0 Å². The van der Waals surface area contributed by atoms with Crippen molar-refractivity contribution in [3.63, 3.8) is 0 Å². The van der Waals surface area contributed by atoms with Crippen LogP contribution in [-0.2, 0) is 11.2 Å². The highest BCUT2D eigenvalue weighted by atomic mass is 32.1. The molecular formula is C17H30N4OS. The molecule has 2 heterocycles. The summed E-state index contributed by atoms with van der Waals surface area (Å²) in [5.41, 5.74) is 0. The summed E-state index contributed by atoms with van der Waals surface area (Å²) in [6, 6.07) is 4.78. The lowest BCUT2D eigenvalue weighted by Gasteiger charge is -2.26. The van der Waals surface area contributed by atoms with Gasteiger partial charge < -0.3 is 15.4 Å². The molecular weight excluding hydrogens is 308 g/mol. The van der Waals surface area contributed by atoms with Crippen LogP contribution in [0.5, 0.6) is 0 Å². The van der Waals surface area contributed by atoms with E-state index in [0.717, 1.165) is 58.3 Å². The molecule has 1 aromatic rings. The molecule has 0 saturated carbocycles. The average Bonchev–Trinajstić information content (AvgIpc) is 2.93. The molecule has 1 atom stereocenters. The van der Waals surface area contributed by atoms with Crippen molar-refractivity contribution < 1.29 is 4.74 Å². The zero-order valence-corrected chi connectivity index (χ0v) is 15.4. The molecule has 0 radical (unpaired) electrons. The molecule has 2 rings (SSSR count). The van der Waals surface area contributed by atoms with Gasteiger partial charge in [-0.25, -0.2) is 0 Å². The molecule has 5 nitrogen and oxygen atoms in total. The summed E-state index contributed by atoms with van der Waals surface area (Å²) in [7, 11) is 0. The maximum atomic E-state index is 5.38. The average molecular weight is 339 g/mol. The number of thiophene rings is 1. The third-order valence-corrected chi connectivity index (χ3v) is 4.84. The van der Waals surface area contributed by atoms with Gasteiger partial charge in [0.2, 0.25) is 0 Å². The maximum Gasteiger partial charge on any atom is 0.191 e. The largest absolute Gasteiger partial charge is 0.379 e. The first kappa shape index (κ1) is 18.2. The van der Waals surface area contributed by atoms with Crippen LogP contribution in [0, 0.1) is 6.92 Å². The van der Waals surface area contributed by atoms with E-state index in [1.807, 2.05) is 11.3 Å². The Kier molecular flexibility index (Phi) is 7.85. The highest BCUT2D eigenvalue weighted by Crippen LogP contribution is 2.16. The fourth-order valence-corrected chi connectivity index (χ4v) is 3.65. The number of nitrogens with zero attached hydrogens (tertiary/aromatic N) is 2. The van der Waals surface area contributed by atoms with E-state index in [-0.39, 0.29) is 0 Å². The summed E-state index contributed by atoms with van der Waals surface area (Å²) in [4.78, 5) is 9.92. The van der Waals surface area contributed by atoms with E-state index in [1.165, 1.54) is 9.75 Å². The summed E-state index contributed by atoms with van der Waals surface area (Å²) in [6.07, 6.45) is 1.03. The second kappa shape index (κ2) is 9.90. The van der Waals surface area contributed by atoms with Crippen LogP contribution in [0.2, 0.25) is 0 Å². The molecule has 1 aliphatic rings. The number of morpholine rings is 1. The van der Waals surface area contributed by atoms with E-state index in [4.69, 9.17) is 9.73 Å². The molecule has 0 aromatic carbocycles. The van der Waals surface area contributed by atoms with Crippen molar-refractivity contribution in [3.05, 3.63) is 21.9 Å². The van der Waals surface area contributed by atoms with Gasteiger partial charge >= 0.3 is 0 Å². The van der Waals surface area contributed by atoms with Crippen LogP contribution in [0.1, 0.15) is 23.6 Å². The Hall–Kier alpha value is -1.11. The topological polar surface area (TPSA) is 48.9 Å². The van der Waals surface area contributed by atoms with Crippen LogP contribution in [0.4, 0.5) is 0 Å². The standard InChI is InChI=1S/C17H30N4OS/c1-4-18-17(19-7-8-21-9-11-22-12-10-21)20-14(2)13-16-6-5-15(3)23-16/h5-6,14H,4,7-13H2,1-3H3,(H2,18,19,20). The highest BCUT2D eigenvalue weighted by Gasteiger charge is 2.10. The number of guanidine groups is 1. The predicted molar refractivity (Wildman–Crippen MR) is 98.6 cm³/mol. The van der Waals surface area contributed by atoms with Crippen molar-refractivity contribution >= 4 is 17.3 Å². The minimum Gasteiger partial charge on any atom is -0.379 e. The lowest BCUT2D eigenvalue weighted by molar-refractivity contribution is 0.0394. The van der Waals surface area contributed by atoms with Gasteiger partial charge in [0.25, 0.3) is 0 Å². The van der Waals surface area contributed by atoms with E-state index in [1.54, 1.807) is 0 Å². The van der Waals surface area contributed by atoms with Crippen molar-refractivity contribution in [2.45, 2.75) is 33.2 Å². The molecule has 0 spiro atoms. The summed E-state index contributed by atoms with van der Waals surface area (Å²) in [5.74, 6) is 0.918. The fourth-order valence-electron chi connectivity index (χ4n) is 2.63. The summed E-state index contributed by atoms with van der Waals surface area (Å²) >= 11 is 1.87. The zero-order valence-electron chi connectivity index (χ0n) is 14.6. The monoisotopic (exact) mass is 338 g/mol. The third kappa shape index (κ3) is 6.89. The molecule has 6 heteroatoms. The molecule has 1 aromatic heterocycles. The first-order valence-corrected chi connectivity index (χ1v) is 9.39. The van der Waals surface area contributed by atoms with Crippen molar-refractivity contribution in [2.24, 2.45) is 4.99 Å². The van der Waals surface area contributed by atoms with E-state index in [0.29, 0.717) is 6.04 Å². The van der Waals surface area contributed by atoms with Gasteiger partial charge in [0.05, 0.1) is 19.8 Å².